The van der Waals surface area contributed by atoms with Crippen LogP contribution in [0.3, 0.4) is 0 Å². The lowest BCUT2D eigenvalue weighted by atomic mass is 10.1. The number of hydrogen-bond acceptors (Lipinski definition) is 4. The highest BCUT2D eigenvalue weighted by molar-refractivity contribution is 5.24. The van der Waals surface area contributed by atoms with Gasteiger partial charge in [-0.2, -0.15) is 0 Å². The molecule has 0 amide bonds. The molecule has 19 heavy (non-hydrogen) atoms. The van der Waals surface area contributed by atoms with E-state index in [9.17, 15) is 0 Å². The molecule has 3 rings (SSSR count). The Labute approximate surface area is 113 Å². The molecule has 0 saturated heterocycles. The van der Waals surface area contributed by atoms with Crippen LogP contribution in [0.15, 0.2) is 30.6 Å². The fourth-order valence-electron chi connectivity index (χ4n) is 2.44. The Kier molecular flexibility index (Phi) is 3.31. The molecule has 1 aromatic heterocycles. The summed E-state index contributed by atoms with van der Waals surface area (Å²) in [4.78, 5) is 2.39. The number of hydrogen-bond donors (Lipinski definition) is 1. The van der Waals surface area contributed by atoms with Gasteiger partial charge in [-0.05, 0) is 18.1 Å². The fraction of sp³-hybridized carbons (Fsp3) is 0.429. The summed E-state index contributed by atoms with van der Waals surface area (Å²) in [6, 6.07) is 8.66. The Morgan fingerprint density at radius 1 is 1.26 bits per heavy atom. The van der Waals surface area contributed by atoms with Crippen LogP contribution in [0.5, 0.6) is 0 Å². The van der Waals surface area contributed by atoms with Crippen LogP contribution in [0, 0.1) is 0 Å². The molecule has 0 aliphatic carbocycles. The van der Waals surface area contributed by atoms with Gasteiger partial charge < -0.3 is 10.3 Å². The number of rotatable bonds is 3. The zero-order chi connectivity index (χ0) is 13.2. The Bertz CT molecular complexity index is 543. The lowest BCUT2D eigenvalue weighted by Crippen LogP contribution is -2.33. The quantitative estimate of drug-likeness (QED) is 0.900. The van der Waals surface area contributed by atoms with E-state index >= 15 is 0 Å². The second kappa shape index (κ2) is 5.11. The molecule has 0 fully saturated rings. The Morgan fingerprint density at radius 2 is 2.05 bits per heavy atom. The van der Waals surface area contributed by atoms with E-state index in [1.807, 2.05) is 13.3 Å². The van der Waals surface area contributed by atoms with E-state index in [0.717, 1.165) is 32.0 Å². The van der Waals surface area contributed by atoms with Crippen molar-refractivity contribution >= 4 is 0 Å². The van der Waals surface area contributed by atoms with Crippen LogP contribution in [0.2, 0.25) is 0 Å². The van der Waals surface area contributed by atoms with Gasteiger partial charge in [0.05, 0.1) is 6.54 Å². The van der Waals surface area contributed by atoms with Crippen molar-refractivity contribution in [3.8, 4) is 0 Å². The highest BCUT2D eigenvalue weighted by Crippen LogP contribution is 2.15. The van der Waals surface area contributed by atoms with Gasteiger partial charge in [0.2, 0.25) is 0 Å². The van der Waals surface area contributed by atoms with Crippen LogP contribution in [0.4, 0.5) is 0 Å². The third-order valence-electron chi connectivity index (χ3n) is 3.63. The molecule has 2 aromatic rings. The monoisotopic (exact) mass is 257 g/mol. The standard InChI is InChI=1S/C14H19N5/c1-11(15)13-4-2-12(3-5-13)8-18-6-7-19-10-16-17-14(19)9-18/h2-5,10-11H,6-9,15H2,1H3. The summed E-state index contributed by atoms with van der Waals surface area (Å²) in [5.74, 6) is 1.05. The summed E-state index contributed by atoms with van der Waals surface area (Å²) < 4.78 is 2.12. The maximum Gasteiger partial charge on any atom is 0.147 e. The van der Waals surface area contributed by atoms with E-state index in [4.69, 9.17) is 5.73 Å². The number of benzene rings is 1. The van der Waals surface area contributed by atoms with Crippen LogP contribution < -0.4 is 5.73 Å². The van der Waals surface area contributed by atoms with Crippen molar-refractivity contribution in [2.45, 2.75) is 32.6 Å². The van der Waals surface area contributed by atoms with Crippen molar-refractivity contribution in [1.29, 1.82) is 0 Å². The van der Waals surface area contributed by atoms with Gasteiger partial charge in [-0.25, -0.2) is 0 Å². The molecule has 5 heteroatoms. The van der Waals surface area contributed by atoms with Gasteiger partial charge in [-0.15, -0.1) is 10.2 Å². The highest BCUT2D eigenvalue weighted by atomic mass is 15.3. The Balaban J connectivity index is 1.66. The molecule has 1 unspecified atom stereocenters. The van der Waals surface area contributed by atoms with Crippen molar-refractivity contribution in [3.05, 3.63) is 47.5 Å². The third-order valence-corrected chi connectivity index (χ3v) is 3.63. The van der Waals surface area contributed by atoms with Gasteiger partial charge in [0.25, 0.3) is 0 Å². The molecule has 1 aliphatic heterocycles. The van der Waals surface area contributed by atoms with E-state index in [1.54, 1.807) is 0 Å². The lowest BCUT2D eigenvalue weighted by Gasteiger charge is -2.26. The van der Waals surface area contributed by atoms with Crippen LogP contribution >= 0.6 is 0 Å². The number of aromatic nitrogens is 3. The summed E-state index contributed by atoms with van der Waals surface area (Å²) in [7, 11) is 0. The van der Waals surface area contributed by atoms with Crippen molar-refractivity contribution in [1.82, 2.24) is 19.7 Å². The SMILES string of the molecule is CC(N)c1ccc(CN2CCn3cnnc3C2)cc1. The first kappa shape index (κ1) is 12.3. The van der Waals surface area contributed by atoms with Crippen molar-refractivity contribution in [3.63, 3.8) is 0 Å². The predicted octanol–water partition coefficient (Wildman–Crippen LogP) is 1.31. The molecule has 0 spiro atoms. The smallest absolute Gasteiger partial charge is 0.147 e. The molecule has 1 aliphatic rings. The Morgan fingerprint density at radius 3 is 2.79 bits per heavy atom. The first-order valence-electron chi connectivity index (χ1n) is 6.66. The van der Waals surface area contributed by atoms with Crippen molar-refractivity contribution in [2.24, 2.45) is 5.73 Å². The zero-order valence-electron chi connectivity index (χ0n) is 11.2. The molecular formula is C14H19N5. The van der Waals surface area contributed by atoms with Gasteiger partial charge in [0, 0.05) is 25.7 Å². The zero-order valence-corrected chi connectivity index (χ0v) is 11.2. The lowest BCUT2D eigenvalue weighted by molar-refractivity contribution is 0.209. The van der Waals surface area contributed by atoms with Crippen molar-refractivity contribution < 1.29 is 0 Å². The largest absolute Gasteiger partial charge is 0.324 e. The highest BCUT2D eigenvalue weighted by Gasteiger charge is 2.17. The molecular weight excluding hydrogens is 238 g/mol. The first-order valence-corrected chi connectivity index (χ1v) is 6.66. The van der Waals surface area contributed by atoms with Crippen LogP contribution in [0.25, 0.3) is 0 Å². The van der Waals surface area contributed by atoms with Gasteiger partial charge in [-0.3, -0.25) is 4.90 Å². The summed E-state index contributed by atoms with van der Waals surface area (Å²) in [6.07, 6.45) is 1.81. The van der Waals surface area contributed by atoms with Crippen LogP contribution in [-0.4, -0.2) is 26.2 Å². The summed E-state index contributed by atoms with van der Waals surface area (Å²) >= 11 is 0. The van der Waals surface area contributed by atoms with Crippen molar-refractivity contribution in [2.75, 3.05) is 6.54 Å². The van der Waals surface area contributed by atoms with Gasteiger partial charge >= 0.3 is 0 Å². The van der Waals surface area contributed by atoms with E-state index in [-0.39, 0.29) is 6.04 Å². The van der Waals surface area contributed by atoms with E-state index < -0.39 is 0 Å². The van der Waals surface area contributed by atoms with Gasteiger partial charge in [0.15, 0.2) is 0 Å². The van der Waals surface area contributed by atoms with E-state index in [0.29, 0.717) is 0 Å². The van der Waals surface area contributed by atoms with Gasteiger partial charge in [0.1, 0.15) is 12.2 Å². The molecule has 0 radical (unpaired) electrons. The first-order chi connectivity index (χ1) is 9.22. The summed E-state index contributed by atoms with van der Waals surface area (Å²) in [5.41, 5.74) is 8.36. The molecule has 100 valence electrons. The van der Waals surface area contributed by atoms with Crippen LogP contribution in [0.1, 0.15) is 29.9 Å². The third kappa shape index (κ3) is 2.67. The molecule has 5 nitrogen and oxygen atoms in total. The predicted molar refractivity (Wildman–Crippen MR) is 73.2 cm³/mol. The second-order valence-electron chi connectivity index (χ2n) is 5.18. The minimum absolute atomic E-state index is 0.0996. The minimum Gasteiger partial charge on any atom is -0.324 e. The molecule has 2 heterocycles. The second-order valence-corrected chi connectivity index (χ2v) is 5.18. The number of nitrogens with zero attached hydrogens (tertiary/aromatic N) is 4. The fourth-order valence-corrected chi connectivity index (χ4v) is 2.44. The minimum atomic E-state index is 0.0996. The topological polar surface area (TPSA) is 60.0 Å². The Hall–Kier alpha value is -1.72. The molecule has 2 N–H and O–H groups in total. The van der Waals surface area contributed by atoms with Gasteiger partial charge in [-0.1, -0.05) is 24.3 Å². The maximum absolute atomic E-state index is 5.86. The molecule has 0 bridgehead atoms. The summed E-state index contributed by atoms with van der Waals surface area (Å²) in [5, 5.41) is 8.09. The molecule has 1 atom stereocenters. The maximum atomic E-state index is 5.86. The average molecular weight is 257 g/mol. The summed E-state index contributed by atoms with van der Waals surface area (Å²) in [6.45, 7) is 5.84. The van der Waals surface area contributed by atoms with E-state index in [1.165, 1.54) is 11.1 Å². The normalized spacial score (nSPS) is 17.2. The molecule has 0 saturated carbocycles. The molecule has 1 aromatic carbocycles. The number of fused-ring (bicyclic) bond motifs is 1. The number of nitrogens with two attached hydrogens (primary N) is 1. The van der Waals surface area contributed by atoms with Crippen LogP contribution in [-0.2, 0) is 19.6 Å². The van der Waals surface area contributed by atoms with E-state index in [2.05, 4.69) is 43.9 Å². The average Bonchev–Trinajstić information content (AvgIpc) is 2.87.